The minimum Gasteiger partial charge on any atom is -0.307 e. The Morgan fingerprint density at radius 3 is 0.579 bits per heavy atom. The lowest BCUT2D eigenvalue weighted by atomic mass is 9.90. The second-order valence-electron chi connectivity index (χ2n) is 34.1. The lowest BCUT2D eigenvalue weighted by molar-refractivity contribution is 0.584. The number of anilines is 12. The van der Waals surface area contributed by atoms with Crippen LogP contribution in [0.25, 0.3) is 154 Å². The van der Waals surface area contributed by atoms with Crippen molar-refractivity contribution >= 4 is 133 Å². The molecule has 0 bridgehead atoms. The number of benzene rings is 24. The Hall–Kier alpha value is -18.0. The van der Waals surface area contributed by atoms with E-state index in [1.54, 1.807) is 84.9 Å². The summed E-state index contributed by atoms with van der Waals surface area (Å²) in [6.07, 6.45) is 0. The lowest BCUT2D eigenvalue weighted by Gasteiger charge is -2.31. The van der Waals surface area contributed by atoms with E-state index in [1.807, 2.05) is 265 Å². The van der Waals surface area contributed by atoms with Gasteiger partial charge in [-0.25, -0.2) is 35.1 Å². The summed E-state index contributed by atoms with van der Waals surface area (Å²) in [5.74, 6) is -7.14. The van der Waals surface area contributed by atoms with Gasteiger partial charge >= 0.3 is 0 Å². The lowest BCUT2D eigenvalue weighted by Crippen LogP contribution is -2.15. The van der Waals surface area contributed by atoms with Crippen LogP contribution in [-0.4, -0.2) is 0 Å². The number of para-hydroxylation sites is 4. The maximum Gasteiger partial charge on any atom is 0.150 e. The van der Waals surface area contributed by atoms with E-state index >= 15 is 35.1 Å². The SMILES string of the molecule is Fc1cc(F)c(N(c2ccccc2)c2ccc3ccc4c(N(c5ccccc5)c5c(F)cc(F)cc5-c5cc(-c6ccccc6)cc(-c6ccccc6)c5)ccc5ccc2c3c54)c(-c2cc(-c3ccccc3)cc(-c3ccccc3)c2)c1.[2H]c1c([2H])c([2H])c(-c2cc(F)cc(F)c2N(c2ccccc2)c2ccc3ccc4c(N(c5ccccc5)c5c(F)cc(F)cc5-c5c([2H])c([2H])c([2H])c([2H])c5[2H])ccc5ccc2c3c54)c([2H])c1[2H]. The molecule has 0 unspecified atom stereocenters. The summed E-state index contributed by atoms with van der Waals surface area (Å²) in [5, 5.41) is 9.06. The molecular formula is C128H80F8N4. The van der Waals surface area contributed by atoms with E-state index in [1.165, 1.54) is 21.9 Å². The van der Waals surface area contributed by atoms with Crippen LogP contribution in [0.4, 0.5) is 103 Å². The molecule has 0 amide bonds. The van der Waals surface area contributed by atoms with Crippen LogP contribution >= 0.6 is 0 Å². The molecule has 24 rings (SSSR count). The van der Waals surface area contributed by atoms with Crippen LogP contribution in [0.2, 0.25) is 0 Å². The van der Waals surface area contributed by atoms with Crippen molar-refractivity contribution in [1.82, 2.24) is 0 Å². The number of rotatable bonds is 20. The van der Waals surface area contributed by atoms with Gasteiger partial charge in [-0.2, -0.15) is 0 Å². The summed E-state index contributed by atoms with van der Waals surface area (Å²) in [5.41, 5.74) is 11.9. The van der Waals surface area contributed by atoms with Gasteiger partial charge in [-0.15, -0.1) is 0 Å². The van der Waals surface area contributed by atoms with E-state index in [9.17, 15) is 0 Å². The Labute approximate surface area is 817 Å². The summed E-state index contributed by atoms with van der Waals surface area (Å²) in [6.45, 7) is 0. The van der Waals surface area contributed by atoms with Crippen LogP contribution in [0.15, 0.2) is 485 Å². The fourth-order valence-corrected chi connectivity index (χ4v) is 19.7. The molecule has 0 aliphatic rings. The first-order chi connectivity index (χ1) is 72.9. The third-order valence-corrected chi connectivity index (χ3v) is 25.7. The molecule has 0 fully saturated rings. The van der Waals surface area contributed by atoms with Gasteiger partial charge in [-0.3, -0.25) is 0 Å². The summed E-state index contributed by atoms with van der Waals surface area (Å²) >= 11 is 0. The van der Waals surface area contributed by atoms with Crippen molar-refractivity contribution in [3.05, 3.63) is 532 Å². The Balaban J connectivity index is 0.000000167. The van der Waals surface area contributed by atoms with Crippen LogP contribution < -0.4 is 19.6 Å². The topological polar surface area (TPSA) is 13.0 Å². The summed E-state index contributed by atoms with van der Waals surface area (Å²) in [7, 11) is 0. The maximum atomic E-state index is 17.6. The predicted molar refractivity (Wildman–Crippen MR) is 562 cm³/mol. The van der Waals surface area contributed by atoms with Gasteiger partial charge in [0.2, 0.25) is 0 Å². The van der Waals surface area contributed by atoms with Gasteiger partial charge < -0.3 is 19.6 Å². The molecule has 0 N–H and O–H groups in total. The fraction of sp³-hybridized carbons (Fsp3) is 0. The van der Waals surface area contributed by atoms with Crippen molar-refractivity contribution in [2.45, 2.75) is 0 Å². The Morgan fingerprint density at radius 1 is 0.164 bits per heavy atom. The first-order valence-electron chi connectivity index (χ1n) is 50.3. The second kappa shape index (κ2) is 36.7. The highest BCUT2D eigenvalue weighted by Gasteiger charge is 2.33. The third kappa shape index (κ3) is 16.0. The van der Waals surface area contributed by atoms with Gasteiger partial charge in [0, 0.05) is 90.8 Å². The molecule has 668 valence electrons. The molecule has 0 aliphatic carbocycles. The van der Waals surface area contributed by atoms with Crippen molar-refractivity contribution in [2.75, 3.05) is 19.6 Å². The molecule has 24 aromatic carbocycles. The molecule has 12 heteroatoms. The minimum absolute atomic E-state index is 0.175. The van der Waals surface area contributed by atoms with Crippen LogP contribution in [0.3, 0.4) is 0 Å². The molecule has 0 radical (unpaired) electrons. The van der Waals surface area contributed by atoms with Crippen molar-refractivity contribution in [3.8, 4) is 89.0 Å². The molecule has 0 spiro atoms. The van der Waals surface area contributed by atoms with Gasteiger partial charge in [0.15, 0.2) is 23.3 Å². The minimum atomic E-state index is -1.08. The summed E-state index contributed by atoms with van der Waals surface area (Å²) in [6, 6.07) is 121. The molecule has 0 saturated heterocycles. The van der Waals surface area contributed by atoms with Crippen LogP contribution in [-0.2, 0) is 0 Å². The first-order valence-corrected chi connectivity index (χ1v) is 45.3. The largest absolute Gasteiger partial charge is 0.307 e. The van der Waals surface area contributed by atoms with Gasteiger partial charge in [0.05, 0.1) is 59.2 Å². The highest BCUT2D eigenvalue weighted by Crippen LogP contribution is 2.56. The molecule has 0 saturated carbocycles. The second-order valence-corrected chi connectivity index (χ2v) is 34.1. The Morgan fingerprint density at radius 2 is 0.357 bits per heavy atom. The molecule has 24 aromatic rings. The monoisotopic (exact) mass is 1830 g/mol. The zero-order chi connectivity index (χ0) is 103. The van der Waals surface area contributed by atoms with E-state index < -0.39 is 118 Å². The van der Waals surface area contributed by atoms with Crippen molar-refractivity contribution in [1.29, 1.82) is 0 Å². The van der Waals surface area contributed by atoms with Gasteiger partial charge in [0.25, 0.3) is 0 Å². The van der Waals surface area contributed by atoms with E-state index in [2.05, 4.69) is 36.4 Å². The van der Waals surface area contributed by atoms with Crippen molar-refractivity contribution < 1.29 is 48.8 Å². The molecule has 4 nitrogen and oxygen atoms in total. The maximum absolute atomic E-state index is 17.6. The van der Waals surface area contributed by atoms with Crippen LogP contribution in [0.5, 0.6) is 0 Å². The highest BCUT2D eigenvalue weighted by molar-refractivity contribution is 6.30. The number of hydrogen-bond donors (Lipinski definition) is 0. The third-order valence-electron chi connectivity index (χ3n) is 25.7. The van der Waals surface area contributed by atoms with E-state index in [4.69, 9.17) is 13.7 Å². The van der Waals surface area contributed by atoms with Crippen LogP contribution in [0, 0.1) is 46.5 Å². The zero-order valence-corrected chi connectivity index (χ0v) is 74.2. The summed E-state index contributed by atoms with van der Waals surface area (Å²) in [4.78, 5) is 6.82. The summed E-state index contributed by atoms with van der Waals surface area (Å²) < 4.78 is 217. The van der Waals surface area contributed by atoms with E-state index in [0.29, 0.717) is 101 Å². The van der Waals surface area contributed by atoms with Gasteiger partial charge in [0.1, 0.15) is 23.3 Å². The Bertz CT molecular complexity index is 8730. The standard InChI is InChI=1S/C76H48F4N2.C52H32F4N2/c77-61-45-67(59-41-55(49-19-7-1-8-20-49)39-56(42-59)50-21-9-2-10-22-50)75(69(79)47-61)81(63-27-15-5-16-28-63)71-37-33-53-32-36-66-72(38-34-54-31-35-65(71)73(53)74(54)66)82(64-29-17-6-18-30-64)76-68(46-62(78)48-70(76)80)60-43-57(51-23-11-3-12-24-51)40-58(44-60)52-25-13-4-14-26-52;53-37-29-43(33-13-5-1-6-14-33)51(45(55)31-37)57(39-17-9-3-10-18-39)47-27-23-35-22-26-42-48(28-24-36-21-25-41(47)49(35)50(36)42)58(40-19-11-4-12-20-40)52-44(30-38(54)32-46(52)56)34-15-7-2-8-16-34/h1-48H;1-32H/i;1D,2D,5D,6D,7D,8D,13D,14D,15D,16D. The fourth-order valence-electron chi connectivity index (χ4n) is 19.7. The molecule has 0 atom stereocenters. The van der Waals surface area contributed by atoms with Gasteiger partial charge in [-0.1, -0.05) is 327 Å². The average molecular weight is 1840 g/mol. The number of halogens is 8. The zero-order valence-electron chi connectivity index (χ0n) is 84.2. The quantitative estimate of drug-likeness (QED) is 0.0557. The molecular weight excluding hydrogens is 1750 g/mol. The first kappa shape index (κ1) is 75.3. The highest BCUT2D eigenvalue weighted by atomic mass is 19.2. The molecule has 0 aliphatic heterocycles. The molecule has 0 heterocycles. The average Bonchev–Trinajstić information content (AvgIpc) is 0.714. The smallest absolute Gasteiger partial charge is 0.150 e. The van der Waals surface area contributed by atoms with Crippen LogP contribution in [0.1, 0.15) is 13.7 Å². The van der Waals surface area contributed by atoms with Crippen molar-refractivity contribution in [2.24, 2.45) is 0 Å². The Kier molecular flexibility index (Phi) is 19.7. The van der Waals surface area contributed by atoms with E-state index in [-0.39, 0.29) is 33.9 Å². The number of hydrogen-bond acceptors (Lipinski definition) is 4. The van der Waals surface area contributed by atoms with Crippen molar-refractivity contribution in [3.63, 3.8) is 0 Å². The normalized spacial score (nSPS) is 12.4. The number of nitrogens with zero attached hydrogens (tertiary/aromatic N) is 4. The predicted octanol–water partition coefficient (Wildman–Crippen LogP) is 37.5. The molecule has 0 aromatic heterocycles. The van der Waals surface area contributed by atoms with E-state index in [0.717, 1.165) is 112 Å². The molecule has 140 heavy (non-hydrogen) atoms. The van der Waals surface area contributed by atoms with Gasteiger partial charge in [-0.05, 0) is 243 Å².